The molecule has 0 heterocycles. The average molecular weight is 193 g/mol. The third-order valence-corrected chi connectivity index (χ3v) is 2.46. The van der Waals surface area contributed by atoms with E-state index in [-0.39, 0.29) is 0 Å². The molecule has 2 N–H and O–H groups in total. The lowest BCUT2D eigenvalue weighted by Crippen LogP contribution is -1.99. The molecule has 0 fully saturated rings. The third kappa shape index (κ3) is 3.04. The zero-order chi connectivity index (χ0) is 10.4. The quantitative estimate of drug-likeness (QED) is 0.728. The van der Waals surface area contributed by atoms with Gasteiger partial charge in [0.2, 0.25) is 0 Å². The van der Waals surface area contributed by atoms with E-state index in [4.69, 9.17) is 10.5 Å². The Morgan fingerprint density at radius 2 is 2.07 bits per heavy atom. The van der Waals surface area contributed by atoms with E-state index < -0.39 is 0 Å². The van der Waals surface area contributed by atoms with Crippen LogP contribution >= 0.6 is 0 Å². The van der Waals surface area contributed by atoms with Crippen LogP contribution in [0.4, 0.5) is 0 Å². The highest BCUT2D eigenvalue weighted by atomic mass is 16.5. The summed E-state index contributed by atoms with van der Waals surface area (Å²) in [6, 6.07) is 6.23. The second-order valence-corrected chi connectivity index (χ2v) is 3.54. The van der Waals surface area contributed by atoms with Crippen LogP contribution in [0, 0.1) is 6.92 Å². The molecule has 14 heavy (non-hydrogen) atoms. The van der Waals surface area contributed by atoms with Crippen molar-refractivity contribution in [1.29, 1.82) is 0 Å². The molecule has 1 aromatic rings. The van der Waals surface area contributed by atoms with Gasteiger partial charge in [0, 0.05) is 0 Å². The predicted octanol–water partition coefficient (Wildman–Crippen LogP) is 2.29. The summed E-state index contributed by atoms with van der Waals surface area (Å²) in [5.74, 6) is 0.943. The number of unbranched alkanes of at least 4 members (excludes halogenated alkanes) is 1. The number of benzene rings is 1. The molecule has 1 rings (SSSR count). The zero-order valence-electron chi connectivity index (χ0n) is 9.05. The molecule has 2 nitrogen and oxygen atoms in total. The molecule has 0 aliphatic heterocycles. The maximum atomic E-state index is 5.46. The standard InChI is InChI=1S/C12H19NO/c1-10-6-7-12(14-2)9-11(10)5-3-4-8-13/h6-7,9H,3-5,8,13H2,1-2H3. The van der Waals surface area contributed by atoms with Crippen LogP contribution in [0.25, 0.3) is 0 Å². The van der Waals surface area contributed by atoms with E-state index in [1.54, 1.807) is 7.11 Å². The van der Waals surface area contributed by atoms with Crippen molar-refractivity contribution in [1.82, 2.24) is 0 Å². The largest absolute Gasteiger partial charge is 0.497 e. The summed E-state index contributed by atoms with van der Waals surface area (Å²) in [5, 5.41) is 0. The average Bonchev–Trinajstić information content (AvgIpc) is 2.21. The van der Waals surface area contributed by atoms with Crippen molar-refractivity contribution in [2.75, 3.05) is 13.7 Å². The number of hydrogen-bond donors (Lipinski definition) is 1. The van der Waals surface area contributed by atoms with Gasteiger partial charge in [-0.2, -0.15) is 0 Å². The van der Waals surface area contributed by atoms with Crippen molar-refractivity contribution in [3.63, 3.8) is 0 Å². The molecule has 0 aliphatic carbocycles. The molecule has 78 valence electrons. The first-order valence-corrected chi connectivity index (χ1v) is 5.11. The molecule has 0 atom stereocenters. The van der Waals surface area contributed by atoms with Gasteiger partial charge in [-0.05, 0) is 56.0 Å². The molecule has 0 radical (unpaired) electrons. The molecule has 2 heteroatoms. The molecule has 0 spiro atoms. The Labute approximate surface area is 86.1 Å². The highest BCUT2D eigenvalue weighted by Crippen LogP contribution is 2.18. The fourth-order valence-electron chi connectivity index (χ4n) is 1.50. The van der Waals surface area contributed by atoms with Crippen molar-refractivity contribution in [3.8, 4) is 5.75 Å². The van der Waals surface area contributed by atoms with Crippen LogP contribution in [0.1, 0.15) is 24.0 Å². The van der Waals surface area contributed by atoms with Crippen LogP contribution in [0.15, 0.2) is 18.2 Å². The Kier molecular flexibility index (Phi) is 4.47. The van der Waals surface area contributed by atoms with Gasteiger partial charge in [-0.15, -0.1) is 0 Å². The summed E-state index contributed by atoms with van der Waals surface area (Å²) in [7, 11) is 1.70. The van der Waals surface area contributed by atoms with Gasteiger partial charge in [-0.1, -0.05) is 6.07 Å². The summed E-state index contributed by atoms with van der Waals surface area (Å²) < 4.78 is 5.19. The number of nitrogens with two attached hydrogens (primary N) is 1. The van der Waals surface area contributed by atoms with Gasteiger partial charge in [-0.25, -0.2) is 0 Å². The van der Waals surface area contributed by atoms with Gasteiger partial charge < -0.3 is 10.5 Å². The Hall–Kier alpha value is -1.02. The van der Waals surface area contributed by atoms with E-state index in [0.717, 1.165) is 31.6 Å². The van der Waals surface area contributed by atoms with Gasteiger partial charge in [0.1, 0.15) is 5.75 Å². The number of methoxy groups -OCH3 is 1. The lowest BCUT2D eigenvalue weighted by molar-refractivity contribution is 0.414. The summed E-state index contributed by atoms with van der Waals surface area (Å²) >= 11 is 0. The number of ether oxygens (including phenoxy) is 1. The highest BCUT2D eigenvalue weighted by Gasteiger charge is 2.00. The molecule has 0 unspecified atom stereocenters. The van der Waals surface area contributed by atoms with Crippen molar-refractivity contribution in [3.05, 3.63) is 29.3 Å². The fourth-order valence-corrected chi connectivity index (χ4v) is 1.50. The third-order valence-electron chi connectivity index (χ3n) is 2.46. The molecule has 0 amide bonds. The number of hydrogen-bond acceptors (Lipinski definition) is 2. The zero-order valence-corrected chi connectivity index (χ0v) is 9.05. The van der Waals surface area contributed by atoms with Crippen LogP contribution < -0.4 is 10.5 Å². The summed E-state index contributed by atoms with van der Waals surface area (Å²) in [6.07, 6.45) is 3.35. The van der Waals surface area contributed by atoms with Crippen LogP contribution in [0.2, 0.25) is 0 Å². The van der Waals surface area contributed by atoms with Crippen molar-refractivity contribution < 1.29 is 4.74 Å². The Balaban J connectivity index is 2.64. The number of aryl methyl sites for hydroxylation is 2. The molecular formula is C12H19NO. The minimum absolute atomic E-state index is 0.781. The van der Waals surface area contributed by atoms with E-state index >= 15 is 0 Å². The first kappa shape index (κ1) is 11.1. The van der Waals surface area contributed by atoms with Gasteiger partial charge in [0.25, 0.3) is 0 Å². The normalized spacial score (nSPS) is 10.2. The smallest absolute Gasteiger partial charge is 0.119 e. The molecule has 0 bridgehead atoms. The maximum absolute atomic E-state index is 5.46. The van der Waals surface area contributed by atoms with Gasteiger partial charge in [0.15, 0.2) is 0 Å². The van der Waals surface area contributed by atoms with Crippen LogP contribution in [-0.2, 0) is 6.42 Å². The van der Waals surface area contributed by atoms with Gasteiger partial charge in [-0.3, -0.25) is 0 Å². The van der Waals surface area contributed by atoms with Crippen molar-refractivity contribution >= 4 is 0 Å². The maximum Gasteiger partial charge on any atom is 0.119 e. The Bertz CT molecular complexity index is 284. The molecule has 1 aromatic carbocycles. The van der Waals surface area contributed by atoms with E-state index in [2.05, 4.69) is 19.1 Å². The van der Waals surface area contributed by atoms with E-state index in [9.17, 15) is 0 Å². The molecule has 0 aliphatic rings. The number of rotatable bonds is 5. The second-order valence-electron chi connectivity index (χ2n) is 3.54. The Morgan fingerprint density at radius 3 is 2.71 bits per heavy atom. The molecule has 0 aromatic heterocycles. The summed E-state index contributed by atoms with van der Waals surface area (Å²) in [5.41, 5.74) is 8.17. The minimum Gasteiger partial charge on any atom is -0.497 e. The van der Waals surface area contributed by atoms with Crippen LogP contribution in [0.3, 0.4) is 0 Å². The Morgan fingerprint density at radius 1 is 1.29 bits per heavy atom. The fraction of sp³-hybridized carbons (Fsp3) is 0.500. The molecule has 0 saturated heterocycles. The first-order valence-electron chi connectivity index (χ1n) is 5.11. The monoisotopic (exact) mass is 193 g/mol. The SMILES string of the molecule is COc1ccc(C)c(CCCCN)c1. The molecule has 0 saturated carbocycles. The van der Waals surface area contributed by atoms with Gasteiger partial charge in [0.05, 0.1) is 7.11 Å². The van der Waals surface area contributed by atoms with Crippen molar-refractivity contribution in [2.24, 2.45) is 5.73 Å². The van der Waals surface area contributed by atoms with Crippen LogP contribution in [0.5, 0.6) is 5.75 Å². The van der Waals surface area contributed by atoms with E-state index in [0.29, 0.717) is 0 Å². The molecular weight excluding hydrogens is 174 g/mol. The second kappa shape index (κ2) is 5.66. The highest BCUT2D eigenvalue weighted by molar-refractivity contribution is 5.34. The van der Waals surface area contributed by atoms with Gasteiger partial charge >= 0.3 is 0 Å². The van der Waals surface area contributed by atoms with E-state index in [1.807, 2.05) is 6.07 Å². The lowest BCUT2D eigenvalue weighted by Gasteiger charge is -2.07. The first-order chi connectivity index (χ1) is 6.77. The summed E-state index contributed by atoms with van der Waals surface area (Å²) in [6.45, 7) is 2.92. The van der Waals surface area contributed by atoms with E-state index in [1.165, 1.54) is 11.1 Å². The summed E-state index contributed by atoms with van der Waals surface area (Å²) in [4.78, 5) is 0. The van der Waals surface area contributed by atoms with Crippen molar-refractivity contribution in [2.45, 2.75) is 26.2 Å². The topological polar surface area (TPSA) is 35.2 Å². The predicted molar refractivity (Wildman–Crippen MR) is 59.7 cm³/mol. The minimum atomic E-state index is 0.781. The lowest BCUT2D eigenvalue weighted by atomic mass is 10.0. The van der Waals surface area contributed by atoms with Crippen LogP contribution in [-0.4, -0.2) is 13.7 Å².